The summed E-state index contributed by atoms with van der Waals surface area (Å²) >= 11 is 6.36. The maximum absolute atomic E-state index is 12.5. The van der Waals surface area contributed by atoms with Gasteiger partial charge in [0.2, 0.25) is 5.91 Å². The number of amides is 1. The van der Waals surface area contributed by atoms with Gasteiger partial charge in [0.1, 0.15) is 11.6 Å². The normalized spacial score (nSPS) is 11.9. The second-order valence-corrected chi connectivity index (χ2v) is 6.51. The summed E-state index contributed by atoms with van der Waals surface area (Å²) in [6.45, 7) is 0.359. The largest absolute Gasteiger partial charge is 0.508 e. The molecule has 0 radical (unpaired) electrons. The monoisotopic (exact) mass is 369 g/mol. The number of halogens is 1. The molecule has 2 N–H and O–H groups in total. The van der Waals surface area contributed by atoms with Crippen molar-refractivity contribution in [3.63, 3.8) is 0 Å². The first kappa shape index (κ1) is 18.0. The number of aromatic nitrogens is 2. The third-order valence-electron chi connectivity index (χ3n) is 4.31. The molecule has 0 saturated carbocycles. The number of aryl methyl sites for hydroxylation is 1. The highest BCUT2D eigenvalue weighted by Gasteiger charge is 2.21. The van der Waals surface area contributed by atoms with E-state index in [2.05, 4.69) is 10.3 Å². The second-order valence-electron chi connectivity index (χ2n) is 6.10. The molecule has 1 unspecified atom stereocenters. The zero-order chi connectivity index (χ0) is 18.5. The topological polar surface area (TPSA) is 67.2 Å². The fourth-order valence-electron chi connectivity index (χ4n) is 2.91. The molecular formula is C20H20ClN3O2. The van der Waals surface area contributed by atoms with E-state index in [0.29, 0.717) is 11.6 Å². The summed E-state index contributed by atoms with van der Waals surface area (Å²) in [6.07, 6.45) is 3.75. The molecule has 1 atom stereocenters. The lowest BCUT2D eigenvalue weighted by molar-refractivity contribution is -0.121. The van der Waals surface area contributed by atoms with Gasteiger partial charge in [0.05, 0.1) is 6.54 Å². The number of carbonyl (C=O) groups excluding carboxylic acids is 1. The number of nitrogens with zero attached hydrogens (tertiary/aromatic N) is 2. The Labute approximate surface area is 157 Å². The van der Waals surface area contributed by atoms with Crippen molar-refractivity contribution in [2.75, 3.05) is 0 Å². The first-order chi connectivity index (χ1) is 12.5. The van der Waals surface area contributed by atoms with Crippen molar-refractivity contribution in [2.45, 2.75) is 18.9 Å². The summed E-state index contributed by atoms with van der Waals surface area (Å²) in [7, 11) is 1.88. The fourth-order valence-corrected chi connectivity index (χ4v) is 3.18. The van der Waals surface area contributed by atoms with Crippen LogP contribution >= 0.6 is 11.6 Å². The molecule has 0 spiro atoms. The van der Waals surface area contributed by atoms with Gasteiger partial charge in [-0.3, -0.25) is 4.79 Å². The van der Waals surface area contributed by atoms with E-state index < -0.39 is 0 Å². The molecule has 134 valence electrons. The highest BCUT2D eigenvalue weighted by molar-refractivity contribution is 6.31. The quantitative estimate of drug-likeness (QED) is 0.697. The van der Waals surface area contributed by atoms with Crippen LogP contribution in [-0.4, -0.2) is 20.6 Å². The predicted octanol–water partition coefficient (Wildman–Crippen LogP) is 3.62. The number of hydrogen-bond acceptors (Lipinski definition) is 3. The minimum Gasteiger partial charge on any atom is -0.508 e. The summed E-state index contributed by atoms with van der Waals surface area (Å²) in [5, 5.41) is 13.3. The number of benzene rings is 2. The van der Waals surface area contributed by atoms with Crippen LogP contribution in [0.4, 0.5) is 0 Å². The standard InChI is InChI=1S/C20H20ClN3O2/c1-24-10-9-22-19(24)13-23-20(26)12-17(14-5-4-6-15(25)11-14)16-7-2-3-8-18(16)21/h2-11,17,25H,12-13H2,1H3,(H,23,26). The molecule has 3 rings (SSSR count). The molecule has 1 amide bonds. The lowest BCUT2D eigenvalue weighted by Gasteiger charge is -2.19. The van der Waals surface area contributed by atoms with Crippen LogP contribution in [0.3, 0.4) is 0 Å². The molecule has 0 aliphatic rings. The molecule has 0 aliphatic heterocycles. The number of phenolic OH excluding ortho intramolecular Hbond substituents is 1. The SMILES string of the molecule is Cn1ccnc1CNC(=O)CC(c1cccc(O)c1)c1ccccc1Cl. The number of hydrogen-bond donors (Lipinski definition) is 2. The molecule has 5 nitrogen and oxygen atoms in total. The van der Waals surface area contributed by atoms with Gasteiger partial charge in [-0.2, -0.15) is 0 Å². The Hall–Kier alpha value is -2.79. The molecule has 0 aliphatic carbocycles. The van der Waals surface area contributed by atoms with Gasteiger partial charge in [0.15, 0.2) is 0 Å². The van der Waals surface area contributed by atoms with Gasteiger partial charge in [-0.25, -0.2) is 4.98 Å². The highest BCUT2D eigenvalue weighted by atomic mass is 35.5. The Morgan fingerprint density at radius 2 is 2.08 bits per heavy atom. The van der Waals surface area contributed by atoms with E-state index in [-0.39, 0.29) is 24.0 Å². The predicted molar refractivity (Wildman–Crippen MR) is 101 cm³/mol. The van der Waals surface area contributed by atoms with E-state index >= 15 is 0 Å². The molecule has 6 heteroatoms. The van der Waals surface area contributed by atoms with Gasteiger partial charge in [-0.1, -0.05) is 41.9 Å². The molecule has 0 saturated heterocycles. The third kappa shape index (κ3) is 4.24. The smallest absolute Gasteiger partial charge is 0.221 e. The Balaban J connectivity index is 1.81. The minimum absolute atomic E-state index is 0.110. The van der Waals surface area contributed by atoms with E-state index in [0.717, 1.165) is 17.0 Å². The third-order valence-corrected chi connectivity index (χ3v) is 4.65. The van der Waals surface area contributed by atoms with Crippen LogP contribution in [0.2, 0.25) is 5.02 Å². The van der Waals surface area contributed by atoms with E-state index in [1.165, 1.54) is 0 Å². The fraction of sp³-hybridized carbons (Fsp3) is 0.200. The van der Waals surface area contributed by atoms with E-state index in [1.54, 1.807) is 30.5 Å². The van der Waals surface area contributed by atoms with Crippen LogP contribution in [0.5, 0.6) is 5.75 Å². The minimum atomic E-state index is -0.253. The van der Waals surface area contributed by atoms with E-state index in [9.17, 15) is 9.90 Å². The molecule has 1 heterocycles. The van der Waals surface area contributed by atoms with Crippen molar-refractivity contribution in [1.29, 1.82) is 0 Å². The Morgan fingerprint density at radius 1 is 1.27 bits per heavy atom. The van der Waals surface area contributed by atoms with Gasteiger partial charge in [-0.05, 0) is 29.3 Å². The summed E-state index contributed by atoms with van der Waals surface area (Å²) in [6, 6.07) is 14.4. The van der Waals surface area contributed by atoms with Gasteiger partial charge < -0.3 is 15.0 Å². The highest BCUT2D eigenvalue weighted by Crippen LogP contribution is 2.34. The van der Waals surface area contributed by atoms with Crippen molar-refractivity contribution in [3.8, 4) is 5.75 Å². The van der Waals surface area contributed by atoms with E-state index in [4.69, 9.17) is 11.6 Å². The summed E-state index contributed by atoms with van der Waals surface area (Å²) in [5.41, 5.74) is 1.69. The lowest BCUT2D eigenvalue weighted by atomic mass is 9.88. The maximum Gasteiger partial charge on any atom is 0.221 e. The van der Waals surface area contributed by atoms with Crippen LogP contribution < -0.4 is 5.32 Å². The van der Waals surface area contributed by atoms with Crippen LogP contribution in [0.25, 0.3) is 0 Å². The molecule has 3 aromatic rings. The van der Waals surface area contributed by atoms with Gasteiger partial charge in [0, 0.05) is 36.8 Å². The average Bonchev–Trinajstić information content (AvgIpc) is 3.03. The first-order valence-electron chi connectivity index (χ1n) is 8.31. The number of rotatable bonds is 6. The Bertz CT molecular complexity index is 907. The van der Waals surface area contributed by atoms with Gasteiger partial charge in [0.25, 0.3) is 0 Å². The molecule has 0 bridgehead atoms. The molecular weight excluding hydrogens is 350 g/mol. The van der Waals surface area contributed by atoms with E-state index in [1.807, 2.05) is 42.1 Å². The number of aromatic hydroxyl groups is 1. The van der Waals surface area contributed by atoms with Crippen molar-refractivity contribution < 1.29 is 9.90 Å². The van der Waals surface area contributed by atoms with Crippen molar-refractivity contribution >= 4 is 17.5 Å². The maximum atomic E-state index is 12.5. The first-order valence-corrected chi connectivity index (χ1v) is 8.68. The van der Waals surface area contributed by atoms with Crippen LogP contribution in [-0.2, 0) is 18.4 Å². The zero-order valence-electron chi connectivity index (χ0n) is 14.4. The van der Waals surface area contributed by atoms with Gasteiger partial charge in [-0.15, -0.1) is 0 Å². The molecule has 2 aromatic carbocycles. The Kier molecular flexibility index (Phi) is 5.58. The lowest BCUT2D eigenvalue weighted by Crippen LogP contribution is -2.26. The summed E-state index contributed by atoms with van der Waals surface area (Å²) < 4.78 is 1.86. The number of imidazole rings is 1. The molecule has 1 aromatic heterocycles. The van der Waals surface area contributed by atoms with Crippen molar-refractivity contribution in [3.05, 3.63) is 82.9 Å². The van der Waals surface area contributed by atoms with Crippen LogP contribution in [0.1, 0.15) is 29.3 Å². The van der Waals surface area contributed by atoms with Crippen LogP contribution in [0, 0.1) is 0 Å². The Morgan fingerprint density at radius 3 is 2.77 bits per heavy atom. The molecule has 0 fully saturated rings. The van der Waals surface area contributed by atoms with Crippen LogP contribution in [0.15, 0.2) is 60.9 Å². The molecule has 26 heavy (non-hydrogen) atoms. The summed E-state index contributed by atoms with van der Waals surface area (Å²) in [5.74, 6) is 0.580. The second kappa shape index (κ2) is 8.06. The number of carbonyl (C=O) groups is 1. The van der Waals surface area contributed by atoms with Crippen molar-refractivity contribution in [1.82, 2.24) is 14.9 Å². The summed E-state index contributed by atoms with van der Waals surface area (Å²) in [4.78, 5) is 16.8. The number of phenols is 1. The van der Waals surface area contributed by atoms with Gasteiger partial charge >= 0.3 is 0 Å². The number of nitrogens with one attached hydrogen (secondary N) is 1. The van der Waals surface area contributed by atoms with Crippen molar-refractivity contribution in [2.24, 2.45) is 7.05 Å². The average molecular weight is 370 g/mol. The zero-order valence-corrected chi connectivity index (χ0v) is 15.1.